The first kappa shape index (κ1) is 15.3. The van der Waals surface area contributed by atoms with Gasteiger partial charge in [-0.1, -0.05) is 18.2 Å². The first-order valence-corrected chi connectivity index (χ1v) is 7.57. The molecule has 21 heavy (non-hydrogen) atoms. The molecule has 110 valence electrons. The van der Waals surface area contributed by atoms with E-state index < -0.39 is 0 Å². The Kier molecular flexibility index (Phi) is 5.11. The Balaban J connectivity index is 1.88. The predicted octanol–water partition coefficient (Wildman–Crippen LogP) is 3.32. The standard InChI is InChI=1S/C16H19N3OS/c1-11-9-15(13(3)21-11)12(2)18-19-16(20)10-17-14-7-5-4-6-8-14/h4-9,17H,10H2,1-3H3,(H,19,20)/b18-12-. The lowest BCUT2D eigenvalue weighted by atomic mass is 10.2. The van der Waals surface area contributed by atoms with Crippen LogP contribution in [0.1, 0.15) is 22.2 Å². The molecule has 1 amide bonds. The number of para-hydroxylation sites is 1. The summed E-state index contributed by atoms with van der Waals surface area (Å²) in [5.74, 6) is -0.164. The van der Waals surface area contributed by atoms with Gasteiger partial charge in [-0.25, -0.2) is 5.43 Å². The van der Waals surface area contributed by atoms with Crippen molar-refractivity contribution in [2.24, 2.45) is 5.10 Å². The Morgan fingerprint density at radius 3 is 2.57 bits per heavy atom. The van der Waals surface area contributed by atoms with Crippen LogP contribution in [-0.2, 0) is 4.79 Å². The minimum Gasteiger partial charge on any atom is -0.376 e. The van der Waals surface area contributed by atoms with Crippen LogP contribution in [0.2, 0.25) is 0 Å². The SMILES string of the molecule is C/C(=N/NC(=O)CNc1ccccc1)c1cc(C)sc1C. The number of anilines is 1. The molecule has 1 heterocycles. The van der Waals surface area contributed by atoms with Gasteiger partial charge >= 0.3 is 0 Å². The van der Waals surface area contributed by atoms with Gasteiger partial charge in [0.25, 0.3) is 5.91 Å². The number of nitrogens with one attached hydrogen (secondary N) is 2. The minimum absolute atomic E-state index is 0.164. The number of carbonyl (C=O) groups is 1. The monoisotopic (exact) mass is 301 g/mol. The van der Waals surface area contributed by atoms with Gasteiger partial charge in [0, 0.05) is 21.0 Å². The average Bonchev–Trinajstić information content (AvgIpc) is 2.82. The summed E-state index contributed by atoms with van der Waals surface area (Å²) in [6.45, 7) is 6.23. The van der Waals surface area contributed by atoms with Crippen LogP contribution in [0.3, 0.4) is 0 Å². The molecule has 0 fully saturated rings. The van der Waals surface area contributed by atoms with Gasteiger partial charge in [0.15, 0.2) is 0 Å². The van der Waals surface area contributed by atoms with Crippen LogP contribution in [0.15, 0.2) is 41.5 Å². The summed E-state index contributed by atoms with van der Waals surface area (Å²) in [5, 5.41) is 7.21. The lowest BCUT2D eigenvalue weighted by Gasteiger charge is -2.05. The summed E-state index contributed by atoms with van der Waals surface area (Å²) >= 11 is 1.73. The van der Waals surface area contributed by atoms with Crippen LogP contribution in [0.25, 0.3) is 0 Å². The molecule has 2 aromatic rings. The molecule has 0 aliphatic carbocycles. The molecule has 0 saturated carbocycles. The van der Waals surface area contributed by atoms with Gasteiger partial charge in [-0.3, -0.25) is 4.79 Å². The van der Waals surface area contributed by atoms with Crippen LogP contribution in [0, 0.1) is 13.8 Å². The molecule has 2 N–H and O–H groups in total. The minimum atomic E-state index is -0.164. The van der Waals surface area contributed by atoms with E-state index in [-0.39, 0.29) is 12.5 Å². The zero-order chi connectivity index (χ0) is 15.2. The van der Waals surface area contributed by atoms with Crippen LogP contribution >= 0.6 is 11.3 Å². The van der Waals surface area contributed by atoms with Crippen LogP contribution in [0.4, 0.5) is 5.69 Å². The lowest BCUT2D eigenvalue weighted by molar-refractivity contribution is -0.119. The van der Waals surface area contributed by atoms with Crippen molar-refractivity contribution in [2.75, 3.05) is 11.9 Å². The van der Waals surface area contributed by atoms with Crippen molar-refractivity contribution in [2.45, 2.75) is 20.8 Å². The Bertz CT molecular complexity index is 647. The van der Waals surface area contributed by atoms with Crippen LogP contribution in [0.5, 0.6) is 0 Å². The topological polar surface area (TPSA) is 53.5 Å². The normalized spacial score (nSPS) is 11.3. The molecule has 0 spiro atoms. The number of thiophene rings is 1. The predicted molar refractivity (Wildman–Crippen MR) is 89.1 cm³/mol. The van der Waals surface area contributed by atoms with E-state index in [1.54, 1.807) is 11.3 Å². The number of amides is 1. The highest BCUT2D eigenvalue weighted by Gasteiger charge is 2.06. The van der Waals surface area contributed by atoms with Gasteiger partial charge in [0.05, 0.1) is 12.3 Å². The first-order valence-electron chi connectivity index (χ1n) is 6.75. The third-order valence-electron chi connectivity index (χ3n) is 3.01. The molecule has 0 bridgehead atoms. The zero-order valence-corrected chi connectivity index (χ0v) is 13.3. The number of hydrazone groups is 1. The Morgan fingerprint density at radius 2 is 1.95 bits per heavy atom. The van der Waals surface area contributed by atoms with Crippen molar-refractivity contribution in [3.8, 4) is 0 Å². The number of benzene rings is 1. The van der Waals surface area contributed by atoms with E-state index in [4.69, 9.17) is 0 Å². The lowest BCUT2D eigenvalue weighted by Crippen LogP contribution is -2.26. The summed E-state index contributed by atoms with van der Waals surface area (Å²) in [7, 11) is 0. The molecular formula is C16H19N3OS. The van der Waals surface area contributed by atoms with E-state index in [1.807, 2.05) is 37.3 Å². The largest absolute Gasteiger partial charge is 0.376 e. The third kappa shape index (κ3) is 4.43. The fourth-order valence-electron chi connectivity index (χ4n) is 1.97. The summed E-state index contributed by atoms with van der Waals surface area (Å²) in [5.41, 5.74) is 5.41. The molecule has 0 aliphatic heterocycles. The molecule has 0 saturated heterocycles. The quantitative estimate of drug-likeness (QED) is 0.657. The molecule has 0 radical (unpaired) electrons. The summed E-state index contributed by atoms with van der Waals surface area (Å²) in [4.78, 5) is 14.2. The molecule has 4 nitrogen and oxygen atoms in total. The molecule has 0 unspecified atom stereocenters. The van der Waals surface area contributed by atoms with E-state index >= 15 is 0 Å². The highest BCUT2D eigenvalue weighted by Crippen LogP contribution is 2.20. The van der Waals surface area contributed by atoms with E-state index in [2.05, 4.69) is 35.8 Å². The smallest absolute Gasteiger partial charge is 0.259 e. The van der Waals surface area contributed by atoms with Crippen LogP contribution in [-0.4, -0.2) is 18.2 Å². The second-order valence-electron chi connectivity index (χ2n) is 4.78. The van der Waals surface area contributed by atoms with Gasteiger partial charge in [-0.15, -0.1) is 11.3 Å². The Morgan fingerprint density at radius 1 is 1.24 bits per heavy atom. The molecule has 1 aromatic carbocycles. The van der Waals surface area contributed by atoms with Crippen molar-refractivity contribution in [3.05, 3.63) is 51.7 Å². The van der Waals surface area contributed by atoms with Crippen molar-refractivity contribution >= 4 is 28.6 Å². The summed E-state index contributed by atoms with van der Waals surface area (Å²) < 4.78 is 0. The number of rotatable bonds is 5. The highest BCUT2D eigenvalue weighted by atomic mass is 32.1. The summed E-state index contributed by atoms with van der Waals surface area (Å²) in [6.07, 6.45) is 0. The van der Waals surface area contributed by atoms with Gasteiger partial charge in [0.1, 0.15) is 0 Å². The molecule has 1 aromatic heterocycles. The molecule has 0 aliphatic rings. The maximum atomic E-state index is 11.8. The van der Waals surface area contributed by atoms with Gasteiger partial charge in [-0.2, -0.15) is 5.10 Å². The Hall–Kier alpha value is -2.14. The van der Waals surface area contributed by atoms with Crippen molar-refractivity contribution < 1.29 is 4.79 Å². The van der Waals surface area contributed by atoms with Crippen molar-refractivity contribution in [1.29, 1.82) is 0 Å². The number of carbonyl (C=O) groups excluding carboxylic acids is 1. The van der Waals surface area contributed by atoms with E-state index in [0.29, 0.717) is 0 Å². The first-order chi connectivity index (χ1) is 10.1. The summed E-state index contributed by atoms with van der Waals surface area (Å²) in [6, 6.07) is 11.7. The molecule has 0 atom stereocenters. The molecular weight excluding hydrogens is 282 g/mol. The average molecular weight is 301 g/mol. The van der Waals surface area contributed by atoms with Crippen molar-refractivity contribution in [1.82, 2.24) is 5.43 Å². The maximum absolute atomic E-state index is 11.8. The highest BCUT2D eigenvalue weighted by molar-refractivity contribution is 7.12. The third-order valence-corrected chi connectivity index (χ3v) is 3.97. The fourth-order valence-corrected chi connectivity index (χ4v) is 2.95. The van der Waals surface area contributed by atoms with Crippen LogP contribution < -0.4 is 10.7 Å². The van der Waals surface area contributed by atoms with Gasteiger partial charge in [0.2, 0.25) is 0 Å². The van der Waals surface area contributed by atoms with E-state index in [1.165, 1.54) is 9.75 Å². The number of hydrogen-bond acceptors (Lipinski definition) is 4. The Labute approximate surface area is 128 Å². The number of hydrogen-bond donors (Lipinski definition) is 2. The number of aryl methyl sites for hydroxylation is 2. The van der Waals surface area contributed by atoms with E-state index in [0.717, 1.165) is 17.0 Å². The zero-order valence-electron chi connectivity index (χ0n) is 12.4. The molecule has 5 heteroatoms. The van der Waals surface area contributed by atoms with E-state index in [9.17, 15) is 4.79 Å². The maximum Gasteiger partial charge on any atom is 0.259 e. The van der Waals surface area contributed by atoms with Gasteiger partial charge < -0.3 is 5.32 Å². The second-order valence-corrected chi connectivity index (χ2v) is 6.24. The molecule has 2 rings (SSSR count). The fraction of sp³-hybridized carbons (Fsp3) is 0.250. The van der Waals surface area contributed by atoms with Gasteiger partial charge in [-0.05, 0) is 39.0 Å². The van der Waals surface area contributed by atoms with Crippen molar-refractivity contribution in [3.63, 3.8) is 0 Å². The number of nitrogens with zero attached hydrogens (tertiary/aromatic N) is 1. The second kappa shape index (κ2) is 7.04.